The molecule has 1 aromatic carbocycles. The number of ether oxygens (including phenoxy) is 1. The number of nitrogens with two attached hydrogens (primary N) is 1. The van der Waals surface area contributed by atoms with Crippen LogP contribution in [0.5, 0.6) is 5.75 Å². The van der Waals surface area contributed by atoms with E-state index in [4.69, 9.17) is 10.5 Å². The van der Waals surface area contributed by atoms with Crippen molar-refractivity contribution < 1.29 is 9.53 Å². The average molecular weight is 258 g/mol. The number of hydrogen-bond acceptors (Lipinski definition) is 5. The Hall–Kier alpha value is -2.63. The summed E-state index contributed by atoms with van der Waals surface area (Å²) < 4.78 is 5.45. The standard InChI is InChI=1S/C13H14N4O2/c14-11-2-1-3-12(6-11)19-5-4-17-13(18)10-7-15-9-16-8-10/h1-3,6-9H,4-5,14H2,(H,17,18). The summed E-state index contributed by atoms with van der Waals surface area (Å²) in [5.41, 5.74) is 6.69. The van der Waals surface area contributed by atoms with Gasteiger partial charge in [-0.05, 0) is 12.1 Å². The van der Waals surface area contributed by atoms with E-state index in [9.17, 15) is 4.79 Å². The maximum absolute atomic E-state index is 11.6. The van der Waals surface area contributed by atoms with E-state index < -0.39 is 0 Å². The summed E-state index contributed by atoms with van der Waals surface area (Å²) in [6, 6.07) is 7.13. The minimum atomic E-state index is -0.225. The molecule has 3 N–H and O–H groups in total. The van der Waals surface area contributed by atoms with Crippen LogP contribution in [0.1, 0.15) is 10.4 Å². The SMILES string of the molecule is Nc1cccc(OCCNC(=O)c2cncnc2)c1. The second kappa shape index (κ2) is 6.34. The quantitative estimate of drug-likeness (QED) is 0.613. The molecule has 0 saturated heterocycles. The van der Waals surface area contributed by atoms with Crippen LogP contribution in [0.4, 0.5) is 5.69 Å². The van der Waals surface area contributed by atoms with E-state index in [-0.39, 0.29) is 5.91 Å². The van der Waals surface area contributed by atoms with E-state index in [0.717, 1.165) is 0 Å². The third-order valence-corrected chi connectivity index (χ3v) is 2.34. The van der Waals surface area contributed by atoms with Crippen molar-refractivity contribution in [1.29, 1.82) is 0 Å². The minimum absolute atomic E-state index is 0.225. The van der Waals surface area contributed by atoms with Crippen molar-refractivity contribution in [3.05, 3.63) is 48.5 Å². The molecular weight excluding hydrogens is 244 g/mol. The Kier molecular flexibility index (Phi) is 4.28. The third kappa shape index (κ3) is 3.95. The van der Waals surface area contributed by atoms with Crippen LogP contribution in [-0.4, -0.2) is 29.0 Å². The van der Waals surface area contributed by atoms with Crippen LogP contribution in [0.25, 0.3) is 0 Å². The largest absolute Gasteiger partial charge is 0.492 e. The molecule has 0 atom stereocenters. The highest BCUT2D eigenvalue weighted by Gasteiger charge is 2.04. The molecule has 19 heavy (non-hydrogen) atoms. The maximum Gasteiger partial charge on any atom is 0.254 e. The van der Waals surface area contributed by atoms with Crippen LogP contribution in [0.15, 0.2) is 43.0 Å². The van der Waals surface area contributed by atoms with Crippen LogP contribution in [0, 0.1) is 0 Å². The molecule has 6 heteroatoms. The van der Waals surface area contributed by atoms with Crippen molar-refractivity contribution in [1.82, 2.24) is 15.3 Å². The number of carbonyl (C=O) groups is 1. The first-order valence-corrected chi connectivity index (χ1v) is 5.77. The Morgan fingerprint density at radius 2 is 2.11 bits per heavy atom. The van der Waals surface area contributed by atoms with Gasteiger partial charge in [0.1, 0.15) is 18.7 Å². The molecule has 0 aliphatic heterocycles. The first-order chi connectivity index (χ1) is 9.25. The number of anilines is 1. The highest BCUT2D eigenvalue weighted by Crippen LogP contribution is 2.13. The third-order valence-electron chi connectivity index (χ3n) is 2.34. The van der Waals surface area contributed by atoms with Gasteiger partial charge in [0, 0.05) is 24.1 Å². The fraction of sp³-hybridized carbons (Fsp3) is 0.154. The highest BCUT2D eigenvalue weighted by molar-refractivity contribution is 5.93. The van der Waals surface area contributed by atoms with Gasteiger partial charge in [0.25, 0.3) is 5.91 Å². The molecule has 0 aliphatic rings. The van der Waals surface area contributed by atoms with Gasteiger partial charge in [0.15, 0.2) is 0 Å². The molecule has 1 heterocycles. The number of aromatic nitrogens is 2. The van der Waals surface area contributed by atoms with Gasteiger partial charge in [0.05, 0.1) is 12.1 Å². The van der Waals surface area contributed by atoms with E-state index in [1.807, 2.05) is 12.1 Å². The fourth-order valence-corrected chi connectivity index (χ4v) is 1.46. The molecule has 0 aliphatic carbocycles. The lowest BCUT2D eigenvalue weighted by Gasteiger charge is -2.07. The number of hydrogen-bond donors (Lipinski definition) is 2. The predicted molar refractivity (Wildman–Crippen MR) is 70.7 cm³/mol. The van der Waals surface area contributed by atoms with Crippen LogP contribution >= 0.6 is 0 Å². The van der Waals surface area contributed by atoms with Gasteiger partial charge >= 0.3 is 0 Å². The Morgan fingerprint density at radius 1 is 1.32 bits per heavy atom. The lowest BCUT2D eigenvalue weighted by atomic mass is 10.3. The van der Waals surface area contributed by atoms with Crippen LogP contribution in [0.2, 0.25) is 0 Å². The fourth-order valence-electron chi connectivity index (χ4n) is 1.46. The summed E-state index contributed by atoms with van der Waals surface area (Å²) in [6.07, 6.45) is 4.29. The molecule has 0 saturated carbocycles. The summed E-state index contributed by atoms with van der Waals surface area (Å²) in [4.78, 5) is 19.2. The van der Waals surface area contributed by atoms with Gasteiger partial charge in [-0.2, -0.15) is 0 Å². The van der Waals surface area contributed by atoms with E-state index in [1.165, 1.54) is 18.7 Å². The second-order valence-electron chi connectivity index (χ2n) is 3.80. The highest BCUT2D eigenvalue weighted by atomic mass is 16.5. The summed E-state index contributed by atoms with van der Waals surface area (Å²) >= 11 is 0. The van der Waals surface area contributed by atoms with Crippen molar-refractivity contribution >= 4 is 11.6 Å². The number of rotatable bonds is 5. The molecule has 6 nitrogen and oxygen atoms in total. The van der Waals surface area contributed by atoms with Gasteiger partial charge < -0.3 is 15.8 Å². The maximum atomic E-state index is 11.6. The van der Waals surface area contributed by atoms with Crippen LogP contribution in [0.3, 0.4) is 0 Å². The second-order valence-corrected chi connectivity index (χ2v) is 3.80. The number of nitrogen functional groups attached to an aromatic ring is 1. The van der Waals surface area contributed by atoms with Gasteiger partial charge in [0.2, 0.25) is 0 Å². The number of amides is 1. The van der Waals surface area contributed by atoms with Crippen molar-refractivity contribution in [2.24, 2.45) is 0 Å². The molecule has 0 radical (unpaired) electrons. The van der Waals surface area contributed by atoms with Crippen LogP contribution < -0.4 is 15.8 Å². The Labute approximate surface area is 110 Å². The zero-order valence-electron chi connectivity index (χ0n) is 10.2. The summed E-state index contributed by atoms with van der Waals surface area (Å²) in [5.74, 6) is 0.453. The molecule has 0 unspecified atom stereocenters. The van der Waals surface area contributed by atoms with Gasteiger partial charge in [-0.3, -0.25) is 4.79 Å². The molecular formula is C13H14N4O2. The van der Waals surface area contributed by atoms with E-state index in [2.05, 4.69) is 15.3 Å². The molecule has 2 aromatic rings. The van der Waals surface area contributed by atoms with Crippen molar-refractivity contribution in [3.8, 4) is 5.75 Å². The Bertz CT molecular complexity index is 545. The first kappa shape index (κ1) is 12.8. The number of nitrogens with one attached hydrogen (secondary N) is 1. The van der Waals surface area contributed by atoms with Crippen molar-refractivity contribution in [2.75, 3.05) is 18.9 Å². The van der Waals surface area contributed by atoms with E-state index >= 15 is 0 Å². The molecule has 0 bridgehead atoms. The molecule has 1 amide bonds. The summed E-state index contributed by atoms with van der Waals surface area (Å²) in [7, 11) is 0. The minimum Gasteiger partial charge on any atom is -0.492 e. The summed E-state index contributed by atoms with van der Waals surface area (Å²) in [5, 5.41) is 2.71. The van der Waals surface area contributed by atoms with Crippen molar-refractivity contribution in [2.45, 2.75) is 0 Å². The molecule has 2 rings (SSSR count). The number of benzene rings is 1. The molecule has 1 aromatic heterocycles. The van der Waals surface area contributed by atoms with E-state index in [0.29, 0.717) is 30.2 Å². The van der Waals surface area contributed by atoms with Gasteiger partial charge in [-0.15, -0.1) is 0 Å². The lowest BCUT2D eigenvalue weighted by molar-refractivity contribution is 0.0946. The average Bonchev–Trinajstić information content (AvgIpc) is 2.44. The topological polar surface area (TPSA) is 90.1 Å². The molecule has 98 valence electrons. The van der Waals surface area contributed by atoms with Crippen molar-refractivity contribution in [3.63, 3.8) is 0 Å². The van der Waals surface area contributed by atoms with Gasteiger partial charge in [-0.25, -0.2) is 9.97 Å². The zero-order valence-corrected chi connectivity index (χ0v) is 10.2. The lowest BCUT2D eigenvalue weighted by Crippen LogP contribution is -2.28. The Morgan fingerprint density at radius 3 is 2.84 bits per heavy atom. The first-order valence-electron chi connectivity index (χ1n) is 5.77. The molecule has 0 spiro atoms. The number of nitrogens with zero attached hydrogens (tertiary/aromatic N) is 2. The van der Waals surface area contributed by atoms with Gasteiger partial charge in [-0.1, -0.05) is 6.07 Å². The predicted octanol–water partition coefficient (Wildman–Crippen LogP) is 0.868. The monoisotopic (exact) mass is 258 g/mol. The number of carbonyl (C=O) groups excluding carboxylic acids is 1. The molecule has 0 fully saturated rings. The Balaban J connectivity index is 1.74. The normalized spacial score (nSPS) is 9.89. The van der Waals surface area contributed by atoms with Crippen LogP contribution in [-0.2, 0) is 0 Å². The zero-order chi connectivity index (χ0) is 13.5. The summed E-state index contributed by atoms with van der Waals surface area (Å²) in [6.45, 7) is 0.755. The van der Waals surface area contributed by atoms with E-state index in [1.54, 1.807) is 12.1 Å². The smallest absolute Gasteiger partial charge is 0.254 e.